The second kappa shape index (κ2) is 9.93. The quantitative estimate of drug-likeness (QED) is 0.369. The van der Waals surface area contributed by atoms with Crippen molar-refractivity contribution in [3.05, 3.63) is 59.9 Å². The Kier molecular flexibility index (Phi) is 6.68. The molecular weight excluding hydrogens is 471 g/mol. The van der Waals surface area contributed by atoms with Crippen molar-refractivity contribution >= 4 is 22.6 Å². The largest absolute Gasteiger partial charge is 0.328 e. The summed E-state index contributed by atoms with van der Waals surface area (Å²) < 4.78 is 16.7. The summed E-state index contributed by atoms with van der Waals surface area (Å²) in [4.78, 5) is 38.6. The summed E-state index contributed by atoms with van der Waals surface area (Å²) in [6.45, 7) is 6.60. The third-order valence-electron chi connectivity index (χ3n) is 6.93. The standard InChI is InChI=1S/C27H31FN8O/c1-16(2)36-15-31-26-22(36)12-21(32-27(26)28)25-17(3)13-30-23(33-25)10-18-6-7-20(14-29-18)35-9-8-19(34(4)5)11-24(35)37/h6-7,12-16,19H,8-11H2,1-5H3. The van der Waals surface area contributed by atoms with Gasteiger partial charge >= 0.3 is 0 Å². The van der Waals surface area contributed by atoms with Crippen LogP contribution in [0.1, 0.15) is 49.8 Å². The first-order valence-electron chi connectivity index (χ1n) is 12.5. The molecule has 4 aromatic rings. The summed E-state index contributed by atoms with van der Waals surface area (Å²) in [7, 11) is 4.02. The van der Waals surface area contributed by atoms with Gasteiger partial charge in [0.1, 0.15) is 11.3 Å². The van der Waals surface area contributed by atoms with Gasteiger partial charge in [0, 0.05) is 36.9 Å². The molecule has 1 atom stereocenters. The van der Waals surface area contributed by atoms with E-state index in [1.165, 1.54) is 0 Å². The fourth-order valence-electron chi connectivity index (χ4n) is 4.72. The van der Waals surface area contributed by atoms with Crippen LogP contribution in [0.5, 0.6) is 0 Å². The summed E-state index contributed by atoms with van der Waals surface area (Å²) in [5.41, 5.74) is 4.32. The van der Waals surface area contributed by atoms with Gasteiger partial charge in [-0.15, -0.1) is 0 Å². The maximum atomic E-state index is 14.8. The second-order valence-corrected chi connectivity index (χ2v) is 10.1. The topological polar surface area (TPSA) is 92.9 Å². The average molecular weight is 503 g/mol. The monoisotopic (exact) mass is 502 g/mol. The molecule has 192 valence electrons. The van der Waals surface area contributed by atoms with Crippen molar-refractivity contribution in [1.29, 1.82) is 0 Å². The number of aromatic nitrogens is 6. The summed E-state index contributed by atoms with van der Waals surface area (Å²) in [6.07, 6.45) is 6.93. The van der Waals surface area contributed by atoms with Gasteiger partial charge in [0.05, 0.1) is 41.5 Å². The van der Waals surface area contributed by atoms with E-state index in [0.29, 0.717) is 42.1 Å². The van der Waals surface area contributed by atoms with Crippen LogP contribution in [0, 0.1) is 12.9 Å². The van der Waals surface area contributed by atoms with Gasteiger partial charge in [-0.2, -0.15) is 4.39 Å². The van der Waals surface area contributed by atoms with E-state index < -0.39 is 5.95 Å². The number of fused-ring (bicyclic) bond motifs is 1. The first-order valence-corrected chi connectivity index (χ1v) is 12.5. The molecule has 1 amide bonds. The van der Waals surface area contributed by atoms with Crippen LogP contribution in [-0.4, -0.2) is 67.0 Å². The minimum atomic E-state index is -0.618. The number of pyridine rings is 2. The zero-order valence-electron chi connectivity index (χ0n) is 21.8. The first kappa shape index (κ1) is 24.9. The lowest BCUT2D eigenvalue weighted by Crippen LogP contribution is -2.45. The van der Waals surface area contributed by atoms with E-state index in [-0.39, 0.29) is 23.5 Å². The van der Waals surface area contributed by atoms with Gasteiger partial charge in [-0.05, 0) is 65.0 Å². The fraction of sp³-hybridized carbons (Fsp3) is 0.407. The Morgan fingerprint density at radius 2 is 1.95 bits per heavy atom. The van der Waals surface area contributed by atoms with Crippen LogP contribution >= 0.6 is 0 Å². The van der Waals surface area contributed by atoms with Crippen LogP contribution < -0.4 is 4.90 Å². The Hall–Kier alpha value is -3.79. The maximum Gasteiger partial charge on any atom is 0.241 e. The number of piperidine rings is 1. The number of hydrogen-bond donors (Lipinski definition) is 0. The van der Waals surface area contributed by atoms with E-state index in [1.807, 2.05) is 57.6 Å². The molecule has 0 aliphatic carbocycles. The molecular formula is C27H31FN8O. The Labute approximate surface area is 215 Å². The Bertz CT molecular complexity index is 1450. The number of nitrogens with zero attached hydrogens (tertiary/aromatic N) is 8. The lowest BCUT2D eigenvalue weighted by atomic mass is 10.0. The normalized spacial score (nSPS) is 16.4. The van der Waals surface area contributed by atoms with Crippen LogP contribution in [0.2, 0.25) is 0 Å². The third-order valence-corrected chi connectivity index (χ3v) is 6.93. The Balaban J connectivity index is 1.37. The summed E-state index contributed by atoms with van der Waals surface area (Å²) in [6, 6.07) is 6.05. The van der Waals surface area contributed by atoms with Crippen molar-refractivity contribution in [2.75, 3.05) is 25.5 Å². The number of halogens is 1. The third kappa shape index (κ3) is 4.93. The highest BCUT2D eigenvalue weighted by atomic mass is 19.1. The van der Waals surface area contributed by atoms with Crippen molar-refractivity contribution in [2.45, 2.75) is 52.1 Å². The predicted molar refractivity (Wildman–Crippen MR) is 140 cm³/mol. The van der Waals surface area contributed by atoms with Crippen LogP contribution in [0.4, 0.5) is 10.1 Å². The molecule has 0 aromatic carbocycles. The number of aryl methyl sites for hydroxylation is 1. The SMILES string of the molecule is Cc1cnc(Cc2ccc(N3CCC(N(C)C)CC3=O)cn2)nc1-c1cc2c(ncn2C(C)C)c(F)n1. The molecule has 0 N–H and O–H groups in total. The van der Waals surface area contributed by atoms with Crippen molar-refractivity contribution in [1.82, 2.24) is 34.4 Å². The Morgan fingerprint density at radius 1 is 1.14 bits per heavy atom. The molecule has 1 aliphatic heterocycles. The highest BCUT2D eigenvalue weighted by molar-refractivity contribution is 5.94. The zero-order chi connectivity index (χ0) is 26.3. The van der Waals surface area contributed by atoms with Crippen LogP contribution in [-0.2, 0) is 11.2 Å². The van der Waals surface area contributed by atoms with E-state index in [1.54, 1.807) is 23.6 Å². The number of carbonyl (C=O) groups is 1. The van der Waals surface area contributed by atoms with Gasteiger partial charge in [-0.25, -0.2) is 19.9 Å². The molecule has 1 unspecified atom stereocenters. The van der Waals surface area contributed by atoms with E-state index in [9.17, 15) is 9.18 Å². The van der Waals surface area contributed by atoms with Crippen molar-refractivity contribution < 1.29 is 9.18 Å². The number of carbonyl (C=O) groups excluding carboxylic acids is 1. The minimum absolute atomic E-state index is 0.113. The number of rotatable bonds is 6. The van der Waals surface area contributed by atoms with E-state index in [2.05, 4.69) is 24.8 Å². The molecule has 9 nitrogen and oxygen atoms in total. The molecule has 0 saturated carbocycles. The molecule has 1 fully saturated rings. The number of imidazole rings is 1. The number of anilines is 1. The van der Waals surface area contributed by atoms with Crippen molar-refractivity contribution in [2.24, 2.45) is 0 Å². The van der Waals surface area contributed by atoms with Crippen LogP contribution in [0.25, 0.3) is 22.4 Å². The van der Waals surface area contributed by atoms with Gasteiger partial charge in [-0.3, -0.25) is 9.78 Å². The smallest absolute Gasteiger partial charge is 0.241 e. The zero-order valence-corrected chi connectivity index (χ0v) is 21.8. The molecule has 4 aromatic heterocycles. The lowest BCUT2D eigenvalue weighted by molar-refractivity contribution is -0.120. The number of amides is 1. The molecule has 1 saturated heterocycles. The molecule has 0 spiro atoms. The maximum absolute atomic E-state index is 14.8. The second-order valence-electron chi connectivity index (χ2n) is 10.1. The van der Waals surface area contributed by atoms with Gasteiger partial charge in [0.25, 0.3) is 0 Å². The highest BCUT2D eigenvalue weighted by Crippen LogP contribution is 2.27. The summed E-state index contributed by atoms with van der Waals surface area (Å²) >= 11 is 0. The molecule has 10 heteroatoms. The minimum Gasteiger partial charge on any atom is -0.328 e. The average Bonchev–Trinajstić information content (AvgIpc) is 3.31. The first-order chi connectivity index (χ1) is 17.7. The van der Waals surface area contributed by atoms with Gasteiger partial charge < -0.3 is 14.4 Å². The van der Waals surface area contributed by atoms with Crippen LogP contribution in [0.3, 0.4) is 0 Å². The van der Waals surface area contributed by atoms with Gasteiger partial charge in [0.15, 0.2) is 0 Å². The molecule has 0 bridgehead atoms. The summed E-state index contributed by atoms with van der Waals surface area (Å²) in [5.74, 6) is 0.0535. The molecule has 5 rings (SSSR count). The van der Waals surface area contributed by atoms with Crippen molar-refractivity contribution in [3.63, 3.8) is 0 Å². The highest BCUT2D eigenvalue weighted by Gasteiger charge is 2.28. The summed E-state index contributed by atoms with van der Waals surface area (Å²) in [5, 5.41) is 0. The van der Waals surface area contributed by atoms with E-state index >= 15 is 0 Å². The number of hydrogen-bond acceptors (Lipinski definition) is 7. The van der Waals surface area contributed by atoms with Gasteiger partial charge in [0.2, 0.25) is 11.9 Å². The Morgan fingerprint density at radius 3 is 2.62 bits per heavy atom. The van der Waals surface area contributed by atoms with E-state index in [4.69, 9.17) is 4.98 Å². The van der Waals surface area contributed by atoms with Gasteiger partial charge in [-0.1, -0.05) is 0 Å². The van der Waals surface area contributed by atoms with E-state index in [0.717, 1.165) is 23.4 Å². The molecule has 1 aliphatic rings. The lowest BCUT2D eigenvalue weighted by Gasteiger charge is -2.34. The van der Waals surface area contributed by atoms with Crippen molar-refractivity contribution in [3.8, 4) is 11.4 Å². The molecule has 5 heterocycles. The van der Waals surface area contributed by atoms with Crippen LogP contribution in [0.15, 0.2) is 36.9 Å². The predicted octanol–water partition coefficient (Wildman–Crippen LogP) is 3.96. The molecule has 0 radical (unpaired) electrons. The fourth-order valence-corrected chi connectivity index (χ4v) is 4.72. The molecule has 37 heavy (non-hydrogen) atoms.